The normalized spacial score (nSPS) is 11.6. The summed E-state index contributed by atoms with van der Waals surface area (Å²) < 4.78 is 13.0. The molecule has 6 nitrogen and oxygen atoms in total. The Labute approximate surface area is 241 Å². The van der Waals surface area contributed by atoms with Gasteiger partial charge in [-0.2, -0.15) is 0 Å². The fourth-order valence-corrected chi connectivity index (χ4v) is 4.52. The molecule has 0 heterocycles. The molecule has 2 N–H and O–H groups in total. The molecular formula is C30H34Br2N2O4. The monoisotopic (exact) mass is 644 g/mol. The van der Waals surface area contributed by atoms with E-state index in [0.29, 0.717) is 22.9 Å². The van der Waals surface area contributed by atoms with Crippen molar-refractivity contribution in [3.8, 4) is 11.5 Å². The number of amides is 2. The summed E-state index contributed by atoms with van der Waals surface area (Å²) in [5.74, 6) is 0.456. The predicted molar refractivity (Wildman–Crippen MR) is 160 cm³/mol. The van der Waals surface area contributed by atoms with Crippen molar-refractivity contribution in [1.82, 2.24) is 0 Å². The summed E-state index contributed by atoms with van der Waals surface area (Å²) in [5, 5.41) is 5.60. The van der Waals surface area contributed by atoms with Crippen LogP contribution in [0.25, 0.3) is 0 Å². The Morgan fingerprint density at radius 3 is 1.34 bits per heavy atom. The quantitative estimate of drug-likeness (QED) is 0.262. The second-order valence-corrected chi connectivity index (χ2v) is 12.7. The van der Waals surface area contributed by atoms with Crippen LogP contribution >= 0.6 is 31.9 Å². The summed E-state index contributed by atoms with van der Waals surface area (Å²) in [5.41, 5.74) is 3.25. The van der Waals surface area contributed by atoms with Gasteiger partial charge in [0.25, 0.3) is 11.8 Å². The molecule has 0 radical (unpaired) electrons. The van der Waals surface area contributed by atoms with Gasteiger partial charge in [-0.05, 0) is 90.2 Å². The van der Waals surface area contributed by atoms with Crippen molar-refractivity contribution in [3.05, 3.63) is 80.7 Å². The third-order valence-corrected chi connectivity index (χ3v) is 7.03. The molecule has 8 heteroatoms. The summed E-state index contributed by atoms with van der Waals surface area (Å²) in [4.78, 5) is 25.2. The molecule has 3 rings (SSSR count). The minimum absolute atomic E-state index is 0.00495. The highest BCUT2D eigenvalue weighted by molar-refractivity contribution is 9.10. The zero-order chi connectivity index (χ0) is 28.1. The molecule has 38 heavy (non-hydrogen) atoms. The Morgan fingerprint density at radius 1 is 0.658 bits per heavy atom. The van der Waals surface area contributed by atoms with Crippen LogP contribution in [0.3, 0.4) is 0 Å². The molecular weight excluding hydrogens is 612 g/mol. The fourth-order valence-electron chi connectivity index (χ4n) is 3.53. The molecule has 0 saturated carbocycles. The number of anilines is 2. The smallest absolute Gasteiger partial charge is 0.262 e. The average Bonchev–Trinajstić information content (AvgIpc) is 2.82. The van der Waals surface area contributed by atoms with Crippen LogP contribution in [-0.2, 0) is 20.4 Å². The third kappa shape index (κ3) is 8.33. The van der Waals surface area contributed by atoms with Crippen LogP contribution in [0.5, 0.6) is 11.5 Å². The zero-order valence-corrected chi connectivity index (χ0v) is 25.7. The zero-order valence-electron chi connectivity index (χ0n) is 22.6. The first-order chi connectivity index (χ1) is 17.7. The Bertz CT molecular complexity index is 1210. The van der Waals surface area contributed by atoms with Gasteiger partial charge in [-0.3, -0.25) is 9.59 Å². The molecule has 3 aromatic rings. The molecule has 0 aromatic heterocycles. The number of para-hydroxylation sites is 2. The van der Waals surface area contributed by atoms with Gasteiger partial charge in [-0.25, -0.2) is 0 Å². The lowest BCUT2D eigenvalue weighted by Crippen LogP contribution is -2.24. The Balaban J connectivity index is 1.57. The first kappa shape index (κ1) is 29.7. The van der Waals surface area contributed by atoms with E-state index in [-0.39, 0.29) is 35.9 Å². The van der Waals surface area contributed by atoms with Crippen molar-refractivity contribution in [2.75, 3.05) is 23.8 Å². The second-order valence-electron chi connectivity index (χ2n) is 11.0. The van der Waals surface area contributed by atoms with E-state index in [9.17, 15) is 9.59 Å². The third-order valence-electron chi connectivity index (χ3n) is 5.79. The number of hydrogen-bond acceptors (Lipinski definition) is 4. The molecule has 0 aliphatic rings. The Morgan fingerprint density at radius 2 is 1.03 bits per heavy atom. The molecule has 0 fully saturated rings. The molecule has 0 atom stereocenters. The molecule has 0 bridgehead atoms. The van der Waals surface area contributed by atoms with Crippen LogP contribution in [0.2, 0.25) is 0 Å². The molecule has 0 spiro atoms. The lowest BCUT2D eigenvalue weighted by Gasteiger charge is -2.20. The maximum Gasteiger partial charge on any atom is 0.262 e. The second kappa shape index (κ2) is 12.3. The van der Waals surface area contributed by atoms with Crippen molar-refractivity contribution in [2.24, 2.45) is 0 Å². The number of rotatable bonds is 8. The number of ether oxygens (including phenoxy) is 2. The van der Waals surface area contributed by atoms with E-state index < -0.39 is 0 Å². The van der Waals surface area contributed by atoms with Crippen molar-refractivity contribution in [3.63, 3.8) is 0 Å². The van der Waals surface area contributed by atoms with Gasteiger partial charge >= 0.3 is 0 Å². The maximum atomic E-state index is 12.6. The topological polar surface area (TPSA) is 76.7 Å². The summed E-state index contributed by atoms with van der Waals surface area (Å²) in [7, 11) is 0. The van der Waals surface area contributed by atoms with Gasteiger partial charge in [-0.1, -0.05) is 65.8 Å². The minimum atomic E-state index is -0.349. The number of halogens is 2. The van der Waals surface area contributed by atoms with Crippen LogP contribution in [0, 0.1) is 0 Å². The van der Waals surface area contributed by atoms with Gasteiger partial charge in [0.15, 0.2) is 13.2 Å². The van der Waals surface area contributed by atoms with Crippen molar-refractivity contribution in [2.45, 2.75) is 52.4 Å². The van der Waals surface area contributed by atoms with Crippen LogP contribution < -0.4 is 20.1 Å². The Kier molecular flexibility index (Phi) is 9.65. The van der Waals surface area contributed by atoms with Crippen LogP contribution in [0.4, 0.5) is 11.4 Å². The molecule has 0 unspecified atom stereocenters. The van der Waals surface area contributed by atoms with E-state index in [2.05, 4.69) is 84.0 Å². The number of carbonyl (C=O) groups excluding carboxylic acids is 2. The fraction of sp³-hybridized carbons (Fsp3) is 0.333. The highest BCUT2D eigenvalue weighted by atomic mass is 79.9. The Hall–Kier alpha value is -2.84. The predicted octanol–water partition coefficient (Wildman–Crippen LogP) is 7.84. The van der Waals surface area contributed by atoms with E-state index in [4.69, 9.17) is 9.47 Å². The lowest BCUT2D eigenvalue weighted by molar-refractivity contribution is -0.119. The molecule has 3 aromatic carbocycles. The van der Waals surface area contributed by atoms with E-state index in [0.717, 1.165) is 20.1 Å². The largest absolute Gasteiger partial charge is 0.483 e. The number of carbonyl (C=O) groups is 2. The first-order valence-corrected chi connectivity index (χ1v) is 13.9. The summed E-state index contributed by atoms with van der Waals surface area (Å²) in [6.07, 6.45) is 0. The standard InChI is InChI=1S/C30H34Br2N2O4/c1-29(2,3)19-11-13-25(21(31)15-19)37-17-27(35)33-23-9-7-8-10-24(23)34-28(36)18-38-26-14-12-20(16-22(26)32)30(4,5)6/h7-16H,17-18H2,1-6H3,(H,33,35)(H,34,36). The van der Waals surface area contributed by atoms with E-state index in [1.165, 1.54) is 0 Å². The molecule has 2 amide bonds. The SMILES string of the molecule is CC(C)(C)c1ccc(OCC(=O)Nc2ccccc2NC(=O)COc2ccc(C(C)(C)C)cc2Br)c(Br)c1. The van der Waals surface area contributed by atoms with Gasteiger partial charge in [0, 0.05) is 0 Å². The number of hydrogen-bond donors (Lipinski definition) is 2. The van der Waals surface area contributed by atoms with Crippen molar-refractivity contribution < 1.29 is 19.1 Å². The van der Waals surface area contributed by atoms with Gasteiger partial charge in [-0.15, -0.1) is 0 Å². The van der Waals surface area contributed by atoms with Crippen molar-refractivity contribution in [1.29, 1.82) is 0 Å². The lowest BCUT2D eigenvalue weighted by atomic mass is 9.87. The number of nitrogens with one attached hydrogen (secondary N) is 2. The molecule has 0 saturated heterocycles. The number of benzene rings is 3. The van der Waals surface area contributed by atoms with Gasteiger partial charge < -0.3 is 20.1 Å². The molecule has 202 valence electrons. The maximum absolute atomic E-state index is 12.6. The van der Waals surface area contributed by atoms with Gasteiger partial charge in [0.1, 0.15) is 11.5 Å². The van der Waals surface area contributed by atoms with E-state index in [1.807, 2.05) is 36.4 Å². The molecule has 0 aliphatic carbocycles. The van der Waals surface area contributed by atoms with Gasteiger partial charge in [0.2, 0.25) is 0 Å². The van der Waals surface area contributed by atoms with Crippen LogP contribution in [0.15, 0.2) is 69.6 Å². The van der Waals surface area contributed by atoms with E-state index >= 15 is 0 Å². The van der Waals surface area contributed by atoms with E-state index in [1.54, 1.807) is 24.3 Å². The summed E-state index contributed by atoms with van der Waals surface area (Å²) in [6.45, 7) is 12.4. The summed E-state index contributed by atoms with van der Waals surface area (Å²) in [6, 6.07) is 18.6. The van der Waals surface area contributed by atoms with Crippen LogP contribution in [0.1, 0.15) is 52.7 Å². The van der Waals surface area contributed by atoms with Crippen molar-refractivity contribution >= 4 is 55.0 Å². The minimum Gasteiger partial charge on any atom is -0.483 e. The van der Waals surface area contributed by atoms with Crippen LogP contribution in [-0.4, -0.2) is 25.0 Å². The van der Waals surface area contributed by atoms with Gasteiger partial charge in [0.05, 0.1) is 20.3 Å². The first-order valence-electron chi connectivity index (χ1n) is 12.3. The highest BCUT2D eigenvalue weighted by Crippen LogP contribution is 2.33. The highest BCUT2D eigenvalue weighted by Gasteiger charge is 2.17. The summed E-state index contributed by atoms with van der Waals surface area (Å²) >= 11 is 7.05. The molecule has 0 aliphatic heterocycles. The average molecular weight is 646 g/mol.